The van der Waals surface area contributed by atoms with Gasteiger partial charge in [0.15, 0.2) is 11.7 Å². The number of nitrogens with one attached hydrogen (secondary N) is 2. The van der Waals surface area contributed by atoms with Crippen molar-refractivity contribution < 1.29 is 9.26 Å². The summed E-state index contributed by atoms with van der Waals surface area (Å²) in [5.41, 5.74) is 1.04. The van der Waals surface area contributed by atoms with Crippen LogP contribution in [-0.4, -0.2) is 61.5 Å². The van der Waals surface area contributed by atoms with Gasteiger partial charge in [-0.05, 0) is 25.7 Å². The van der Waals surface area contributed by atoms with Crippen LogP contribution in [0.1, 0.15) is 64.8 Å². The van der Waals surface area contributed by atoms with Gasteiger partial charge in [-0.2, -0.15) is 0 Å². The second kappa shape index (κ2) is 12.1. The van der Waals surface area contributed by atoms with Crippen molar-refractivity contribution >= 4 is 5.96 Å². The second-order valence-corrected chi connectivity index (χ2v) is 7.77. The highest BCUT2D eigenvalue weighted by Crippen LogP contribution is 2.22. The largest absolute Gasteiger partial charge is 0.379 e. The van der Waals surface area contributed by atoms with E-state index in [0.29, 0.717) is 24.4 Å². The summed E-state index contributed by atoms with van der Waals surface area (Å²) in [6.07, 6.45) is 2.15. The van der Waals surface area contributed by atoms with Crippen LogP contribution in [-0.2, 0) is 11.3 Å². The Morgan fingerprint density at radius 3 is 2.50 bits per heavy atom. The molecule has 1 fully saturated rings. The minimum absolute atomic E-state index is 0.458. The molecule has 2 rings (SSSR count). The smallest absolute Gasteiger partial charge is 0.191 e. The van der Waals surface area contributed by atoms with Gasteiger partial charge >= 0.3 is 0 Å². The number of hydrogen-bond acceptors (Lipinski definition) is 5. The Bertz CT molecular complexity index is 577. The first-order valence-electron chi connectivity index (χ1n) is 10.9. The van der Waals surface area contributed by atoms with E-state index in [1.807, 2.05) is 0 Å². The Hall–Kier alpha value is -1.60. The summed E-state index contributed by atoms with van der Waals surface area (Å²) < 4.78 is 11.0. The molecule has 1 aromatic rings. The minimum atomic E-state index is 0.458. The van der Waals surface area contributed by atoms with E-state index in [1.54, 1.807) is 0 Å². The summed E-state index contributed by atoms with van der Waals surface area (Å²) in [5, 5.41) is 11.1. The lowest BCUT2D eigenvalue weighted by Crippen LogP contribution is -2.52. The molecule has 1 aliphatic heterocycles. The number of morpholine rings is 1. The lowest BCUT2D eigenvalue weighted by molar-refractivity contribution is 0.00752. The van der Waals surface area contributed by atoms with E-state index >= 15 is 0 Å². The van der Waals surface area contributed by atoms with Crippen molar-refractivity contribution in [2.24, 2.45) is 10.9 Å². The van der Waals surface area contributed by atoms with Crippen molar-refractivity contribution in [2.45, 2.75) is 66.0 Å². The molecule has 2 N–H and O–H groups in total. The lowest BCUT2D eigenvalue weighted by Gasteiger charge is -2.37. The number of guanidine groups is 1. The van der Waals surface area contributed by atoms with Crippen LogP contribution in [0.15, 0.2) is 15.6 Å². The zero-order valence-electron chi connectivity index (χ0n) is 18.3. The number of hydrogen-bond donors (Lipinski definition) is 2. The molecule has 7 heteroatoms. The van der Waals surface area contributed by atoms with Gasteiger partial charge in [0.1, 0.15) is 6.54 Å². The normalized spacial score (nSPS) is 17.3. The van der Waals surface area contributed by atoms with Crippen molar-refractivity contribution in [2.75, 3.05) is 39.4 Å². The molecule has 1 saturated heterocycles. The summed E-state index contributed by atoms with van der Waals surface area (Å²) in [5.74, 6) is 2.66. The van der Waals surface area contributed by atoms with Crippen LogP contribution >= 0.6 is 0 Å². The van der Waals surface area contributed by atoms with Gasteiger partial charge in [0.2, 0.25) is 0 Å². The third-order valence-corrected chi connectivity index (χ3v) is 5.48. The fourth-order valence-electron chi connectivity index (χ4n) is 3.70. The number of nitrogens with zero attached hydrogens (tertiary/aromatic N) is 3. The molecule has 0 bridgehead atoms. The Balaban J connectivity index is 1.95. The monoisotopic (exact) mass is 393 g/mol. The third-order valence-electron chi connectivity index (χ3n) is 5.48. The van der Waals surface area contributed by atoms with Crippen LogP contribution in [0.4, 0.5) is 0 Å². The highest BCUT2D eigenvalue weighted by Gasteiger charge is 2.24. The third kappa shape index (κ3) is 6.78. The second-order valence-electron chi connectivity index (χ2n) is 7.77. The Kier molecular flexibility index (Phi) is 9.78. The summed E-state index contributed by atoms with van der Waals surface area (Å²) in [4.78, 5) is 7.22. The van der Waals surface area contributed by atoms with Crippen molar-refractivity contribution in [1.29, 1.82) is 0 Å². The molecular formula is C21H39N5O2. The number of ether oxygens (including phenoxy) is 1. The molecule has 0 saturated carbocycles. The van der Waals surface area contributed by atoms with Crippen LogP contribution in [0.2, 0.25) is 0 Å². The van der Waals surface area contributed by atoms with Crippen molar-refractivity contribution in [3.63, 3.8) is 0 Å². The van der Waals surface area contributed by atoms with E-state index in [1.165, 1.54) is 0 Å². The molecule has 0 aromatic carbocycles. The van der Waals surface area contributed by atoms with Gasteiger partial charge in [-0.3, -0.25) is 4.90 Å². The van der Waals surface area contributed by atoms with E-state index in [4.69, 9.17) is 14.3 Å². The van der Waals surface area contributed by atoms with Gasteiger partial charge in [0.25, 0.3) is 0 Å². The maximum absolute atomic E-state index is 5.50. The molecule has 1 aromatic heterocycles. The van der Waals surface area contributed by atoms with Crippen LogP contribution in [0.5, 0.6) is 0 Å². The Morgan fingerprint density at radius 1 is 1.18 bits per heavy atom. The summed E-state index contributed by atoms with van der Waals surface area (Å²) >= 11 is 0. The standard InChI is InChI=1S/C21H39N5O2/c1-6-17(7-2)19-13-18(28-25-19)14-23-21(22-8-3)24-15-20(16(4)5)26-9-11-27-12-10-26/h13,16-17,20H,6-12,14-15H2,1-5H3,(H2,22,23,24). The van der Waals surface area contributed by atoms with Crippen LogP contribution in [0, 0.1) is 5.92 Å². The molecule has 0 spiro atoms. The number of aromatic nitrogens is 1. The van der Waals surface area contributed by atoms with E-state index in [-0.39, 0.29) is 0 Å². The molecule has 1 atom stereocenters. The molecule has 0 amide bonds. The lowest BCUT2D eigenvalue weighted by atomic mass is 9.99. The van der Waals surface area contributed by atoms with Gasteiger partial charge in [0.05, 0.1) is 18.9 Å². The first-order valence-corrected chi connectivity index (χ1v) is 10.9. The predicted octanol–water partition coefficient (Wildman–Crippen LogP) is 2.99. The summed E-state index contributed by atoms with van der Waals surface area (Å²) in [6, 6.07) is 2.51. The topological polar surface area (TPSA) is 74.9 Å². The first kappa shape index (κ1) is 22.7. The van der Waals surface area contributed by atoms with Crippen LogP contribution in [0.3, 0.4) is 0 Å². The van der Waals surface area contributed by atoms with Gasteiger partial charge in [0, 0.05) is 44.2 Å². The molecular weight excluding hydrogens is 354 g/mol. The molecule has 1 unspecified atom stereocenters. The maximum atomic E-state index is 5.50. The average molecular weight is 394 g/mol. The van der Waals surface area contributed by atoms with Gasteiger partial charge < -0.3 is 19.9 Å². The maximum Gasteiger partial charge on any atom is 0.191 e. The molecule has 0 radical (unpaired) electrons. The van der Waals surface area contributed by atoms with E-state index in [2.05, 4.69) is 61.4 Å². The Morgan fingerprint density at radius 2 is 1.89 bits per heavy atom. The van der Waals surface area contributed by atoms with Crippen molar-refractivity contribution in [1.82, 2.24) is 20.7 Å². The number of aliphatic imine (C=N–C) groups is 1. The highest BCUT2D eigenvalue weighted by atomic mass is 16.5. The zero-order chi connectivity index (χ0) is 20.4. The SMILES string of the molecule is CCNC(=NCc1cc(C(CC)CC)no1)NCC(C(C)C)N1CCOCC1. The Labute approximate surface area is 170 Å². The van der Waals surface area contributed by atoms with Crippen LogP contribution < -0.4 is 10.6 Å². The van der Waals surface area contributed by atoms with E-state index < -0.39 is 0 Å². The van der Waals surface area contributed by atoms with Crippen LogP contribution in [0.25, 0.3) is 0 Å². The van der Waals surface area contributed by atoms with Gasteiger partial charge in [-0.1, -0.05) is 32.9 Å². The average Bonchev–Trinajstić information content (AvgIpc) is 3.16. The zero-order valence-corrected chi connectivity index (χ0v) is 18.3. The molecule has 28 heavy (non-hydrogen) atoms. The quantitative estimate of drug-likeness (QED) is 0.470. The van der Waals surface area contributed by atoms with Gasteiger partial charge in [-0.25, -0.2) is 4.99 Å². The van der Waals surface area contributed by atoms with Gasteiger partial charge in [-0.15, -0.1) is 0 Å². The fraction of sp³-hybridized carbons (Fsp3) is 0.810. The highest BCUT2D eigenvalue weighted by molar-refractivity contribution is 5.79. The molecule has 160 valence electrons. The van der Waals surface area contributed by atoms with E-state index in [9.17, 15) is 0 Å². The molecule has 2 heterocycles. The first-order chi connectivity index (χ1) is 13.6. The van der Waals surface area contributed by atoms with Crippen molar-refractivity contribution in [3.05, 3.63) is 17.5 Å². The summed E-state index contributed by atoms with van der Waals surface area (Å²) in [6.45, 7) is 16.8. The minimum Gasteiger partial charge on any atom is -0.379 e. The molecule has 7 nitrogen and oxygen atoms in total. The summed E-state index contributed by atoms with van der Waals surface area (Å²) in [7, 11) is 0. The fourth-order valence-corrected chi connectivity index (χ4v) is 3.70. The molecule has 1 aliphatic rings. The van der Waals surface area contributed by atoms with E-state index in [0.717, 1.165) is 69.6 Å². The van der Waals surface area contributed by atoms with Crippen molar-refractivity contribution in [3.8, 4) is 0 Å². The molecule has 0 aliphatic carbocycles. The predicted molar refractivity (Wildman–Crippen MR) is 114 cm³/mol. The number of rotatable bonds is 10.